The summed E-state index contributed by atoms with van der Waals surface area (Å²) in [7, 11) is 1.70. The van der Waals surface area contributed by atoms with Crippen molar-refractivity contribution >= 4 is 22.6 Å². The van der Waals surface area contributed by atoms with Gasteiger partial charge < -0.3 is 5.32 Å². The van der Waals surface area contributed by atoms with Crippen molar-refractivity contribution in [1.29, 1.82) is 0 Å². The van der Waals surface area contributed by atoms with E-state index in [0.29, 0.717) is 16.7 Å². The van der Waals surface area contributed by atoms with E-state index in [9.17, 15) is 14.0 Å². The highest BCUT2D eigenvalue weighted by molar-refractivity contribution is 5.90. The van der Waals surface area contributed by atoms with Gasteiger partial charge in [-0.2, -0.15) is 5.10 Å². The molecule has 7 nitrogen and oxygen atoms in total. The van der Waals surface area contributed by atoms with Crippen LogP contribution in [0.1, 0.15) is 6.42 Å². The quantitative estimate of drug-likeness (QED) is 0.787. The standard InChI is InChI=1S/C15H14FN5O2/c1-20-14-12(8-18-20)15(23)21(9-17-14)7-6-13(22)19-11-4-2-10(16)3-5-11/h2-5,8-9H,6-7H2,1H3,(H,19,22). The Morgan fingerprint density at radius 3 is 2.78 bits per heavy atom. The van der Waals surface area contributed by atoms with Crippen LogP contribution in [0.15, 0.2) is 41.6 Å². The lowest BCUT2D eigenvalue weighted by Crippen LogP contribution is -2.23. The Bertz CT molecular complexity index is 914. The Balaban J connectivity index is 1.68. The molecule has 2 aromatic heterocycles. The Morgan fingerprint density at radius 1 is 1.30 bits per heavy atom. The first-order valence-electron chi connectivity index (χ1n) is 6.97. The maximum atomic E-state index is 12.8. The highest BCUT2D eigenvalue weighted by atomic mass is 19.1. The number of aryl methyl sites for hydroxylation is 2. The summed E-state index contributed by atoms with van der Waals surface area (Å²) in [6, 6.07) is 5.48. The van der Waals surface area contributed by atoms with E-state index < -0.39 is 0 Å². The molecule has 1 aromatic carbocycles. The second-order valence-corrected chi connectivity index (χ2v) is 5.05. The fraction of sp³-hybridized carbons (Fsp3) is 0.200. The Morgan fingerprint density at radius 2 is 2.04 bits per heavy atom. The van der Waals surface area contributed by atoms with Crippen molar-refractivity contribution in [3.8, 4) is 0 Å². The summed E-state index contributed by atoms with van der Waals surface area (Å²) < 4.78 is 15.7. The van der Waals surface area contributed by atoms with E-state index in [1.54, 1.807) is 7.05 Å². The van der Waals surface area contributed by atoms with Crippen LogP contribution >= 0.6 is 0 Å². The lowest BCUT2D eigenvalue weighted by Gasteiger charge is -2.07. The molecule has 3 aromatic rings. The number of nitrogens with one attached hydrogen (secondary N) is 1. The van der Waals surface area contributed by atoms with Crippen LogP contribution in [0, 0.1) is 5.82 Å². The second kappa shape index (κ2) is 5.99. The van der Waals surface area contributed by atoms with E-state index in [2.05, 4.69) is 15.4 Å². The van der Waals surface area contributed by atoms with Gasteiger partial charge in [0.15, 0.2) is 5.65 Å². The van der Waals surface area contributed by atoms with Gasteiger partial charge in [-0.1, -0.05) is 0 Å². The van der Waals surface area contributed by atoms with Crippen LogP contribution in [0.3, 0.4) is 0 Å². The van der Waals surface area contributed by atoms with Gasteiger partial charge in [0.1, 0.15) is 11.2 Å². The van der Waals surface area contributed by atoms with Crippen LogP contribution in [0.25, 0.3) is 11.0 Å². The number of aromatic nitrogens is 4. The summed E-state index contributed by atoms with van der Waals surface area (Å²) in [5, 5.41) is 7.04. The minimum absolute atomic E-state index is 0.102. The van der Waals surface area contributed by atoms with Crippen LogP contribution in [0.2, 0.25) is 0 Å². The van der Waals surface area contributed by atoms with Gasteiger partial charge in [-0.25, -0.2) is 9.37 Å². The second-order valence-electron chi connectivity index (χ2n) is 5.05. The van der Waals surface area contributed by atoms with Gasteiger partial charge in [-0.15, -0.1) is 0 Å². The van der Waals surface area contributed by atoms with Gasteiger partial charge in [0.25, 0.3) is 5.56 Å². The van der Waals surface area contributed by atoms with Crippen molar-refractivity contribution in [2.24, 2.45) is 7.05 Å². The third-order valence-corrected chi connectivity index (χ3v) is 3.43. The van der Waals surface area contributed by atoms with Gasteiger partial charge in [0.2, 0.25) is 5.91 Å². The Kier molecular flexibility index (Phi) is 3.88. The van der Waals surface area contributed by atoms with Crippen molar-refractivity contribution in [3.63, 3.8) is 0 Å². The molecule has 0 atom stereocenters. The first kappa shape index (κ1) is 14.9. The third kappa shape index (κ3) is 3.10. The highest BCUT2D eigenvalue weighted by Crippen LogP contribution is 2.09. The van der Waals surface area contributed by atoms with E-state index in [1.807, 2.05) is 0 Å². The smallest absolute Gasteiger partial charge is 0.264 e. The number of hydrogen-bond donors (Lipinski definition) is 1. The third-order valence-electron chi connectivity index (χ3n) is 3.43. The molecule has 0 aliphatic carbocycles. The molecule has 0 bridgehead atoms. The number of halogens is 1. The molecule has 118 valence electrons. The van der Waals surface area contributed by atoms with Crippen LogP contribution in [0.4, 0.5) is 10.1 Å². The predicted molar refractivity (Wildman–Crippen MR) is 82.4 cm³/mol. The van der Waals surface area contributed by atoms with E-state index in [0.717, 1.165) is 0 Å². The summed E-state index contributed by atoms with van der Waals surface area (Å²) in [4.78, 5) is 28.3. The summed E-state index contributed by atoms with van der Waals surface area (Å²) in [6.45, 7) is 0.198. The molecule has 2 heterocycles. The number of amides is 1. The van der Waals surface area contributed by atoms with Crippen LogP contribution < -0.4 is 10.9 Å². The first-order chi connectivity index (χ1) is 11.0. The maximum Gasteiger partial charge on any atom is 0.264 e. The number of carbonyl (C=O) groups excluding carboxylic acids is 1. The zero-order valence-corrected chi connectivity index (χ0v) is 12.4. The van der Waals surface area contributed by atoms with Crippen LogP contribution in [0.5, 0.6) is 0 Å². The Labute approximate surface area is 130 Å². The minimum atomic E-state index is -0.370. The molecule has 0 unspecified atom stereocenters. The average Bonchev–Trinajstić information content (AvgIpc) is 2.91. The number of rotatable bonds is 4. The zero-order valence-electron chi connectivity index (χ0n) is 12.4. The minimum Gasteiger partial charge on any atom is -0.326 e. The molecule has 23 heavy (non-hydrogen) atoms. The largest absolute Gasteiger partial charge is 0.326 e. The van der Waals surface area contributed by atoms with Gasteiger partial charge in [0, 0.05) is 25.7 Å². The van der Waals surface area contributed by atoms with Crippen molar-refractivity contribution in [1.82, 2.24) is 19.3 Å². The highest BCUT2D eigenvalue weighted by Gasteiger charge is 2.09. The fourth-order valence-electron chi connectivity index (χ4n) is 2.20. The van der Waals surface area contributed by atoms with E-state index >= 15 is 0 Å². The van der Waals surface area contributed by atoms with Gasteiger partial charge in [-0.3, -0.25) is 18.8 Å². The van der Waals surface area contributed by atoms with Gasteiger partial charge >= 0.3 is 0 Å². The average molecular weight is 315 g/mol. The topological polar surface area (TPSA) is 81.8 Å². The van der Waals surface area contributed by atoms with E-state index in [1.165, 1.54) is 46.0 Å². The number of benzene rings is 1. The van der Waals surface area contributed by atoms with Crippen LogP contribution in [-0.4, -0.2) is 25.2 Å². The molecule has 0 aliphatic rings. The van der Waals surface area contributed by atoms with Crippen molar-refractivity contribution in [2.75, 3.05) is 5.32 Å². The molecular weight excluding hydrogens is 301 g/mol. The normalized spacial score (nSPS) is 10.9. The lowest BCUT2D eigenvalue weighted by molar-refractivity contribution is -0.116. The predicted octanol–water partition coefficient (Wildman–Crippen LogP) is 1.30. The molecule has 0 aliphatic heterocycles. The van der Waals surface area contributed by atoms with Crippen LogP contribution in [-0.2, 0) is 18.4 Å². The fourth-order valence-corrected chi connectivity index (χ4v) is 2.20. The molecule has 8 heteroatoms. The van der Waals surface area contributed by atoms with Gasteiger partial charge in [0.05, 0.1) is 12.5 Å². The molecule has 1 amide bonds. The zero-order chi connectivity index (χ0) is 16.4. The number of nitrogens with zero attached hydrogens (tertiary/aromatic N) is 4. The first-order valence-corrected chi connectivity index (χ1v) is 6.97. The number of hydrogen-bond acceptors (Lipinski definition) is 4. The monoisotopic (exact) mass is 315 g/mol. The number of anilines is 1. The molecule has 0 radical (unpaired) electrons. The SMILES string of the molecule is Cn1ncc2c(=O)n(CCC(=O)Nc3ccc(F)cc3)cnc21. The Hall–Kier alpha value is -3.03. The molecule has 0 saturated carbocycles. The molecule has 0 fully saturated rings. The summed E-state index contributed by atoms with van der Waals surface area (Å²) >= 11 is 0. The number of fused-ring (bicyclic) bond motifs is 1. The summed E-state index contributed by atoms with van der Waals surface area (Å²) in [5.74, 6) is -0.639. The van der Waals surface area contributed by atoms with Crippen molar-refractivity contribution in [3.05, 3.63) is 53.0 Å². The summed E-state index contributed by atoms with van der Waals surface area (Å²) in [5.41, 5.74) is 0.768. The maximum absolute atomic E-state index is 12.8. The molecule has 0 spiro atoms. The van der Waals surface area contributed by atoms with E-state index in [4.69, 9.17) is 0 Å². The lowest BCUT2D eigenvalue weighted by atomic mass is 10.3. The molecule has 0 saturated heterocycles. The van der Waals surface area contributed by atoms with Gasteiger partial charge in [-0.05, 0) is 24.3 Å². The number of carbonyl (C=O) groups is 1. The summed E-state index contributed by atoms with van der Waals surface area (Å²) in [6.07, 6.45) is 2.96. The van der Waals surface area contributed by atoms with Crippen molar-refractivity contribution in [2.45, 2.75) is 13.0 Å². The molecule has 1 N–H and O–H groups in total. The molecule has 3 rings (SSSR count). The molecular formula is C15H14FN5O2. The van der Waals surface area contributed by atoms with Crippen molar-refractivity contribution < 1.29 is 9.18 Å². The van der Waals surface area contributed by atoms with E-state index in [-0.39, 0.29) is 30.2 Å².